The highest BCUT2D eigenvalue weighted by atomic mass is 16.6. The molecule has 0 aromatic rings. The highest BCUT2D eigenvalue weighted by Gasteiger charge is 2.39. The van der Waals surface area contributed by atoms with E-state index in [9.17, 15) is 0 Å². The first kappa shape index (κ1) is 8.52. The third-order valence-corrected chi connectivity index (χ3v) is 2.93. The summed E-state index contributed by atoms with van der Waals surface area (Å²) in [6.07, 6.45) is 7.99. The summed E-state index contributed by atoms with van der Waals surface area (Å²) in [6.45, 7) is 4.15. The zero-order valence-electron chi connectivity index (χ0n) is 7.95. The molecule has 2 saturated heterocycles. The second-order valence-electron chi connectivity index (χ2n) is 4.04. The van der Waals surface area contributed by atoms with E-state index in [1.165, 1.54) is 25.7 Å². The van der Waals surface area contributed by atoms with Gasteiger partial charge in [-0.05, 0) is 26.7 Å². The molecule has 4 atom stereocenters. The summed E-state index contributed by atoms with van der Waals surface area (Å²) in [7, 11) is 0. The molecule has 2 heterocycles. The number of fused-ring (bicyclic) bond motifs is 1. The molecule has 3 rings (SSSR count). The number of hydrogen-bond acceptors (Lipinski definition) is 2. The van der Waals surface area contributed by atoms with Crippen molar-refractivity contribution < 1.29 is 9.47 Å². The lowest BCUT2D eigenvalue weighted by atomic mass is 10.0. The molecule has 1 aliphatic carbocycles. The minimum absolute atomic E-state index is 0.551. The van der Waals surface area contributed by atoms with Crippen LogP contribution in [0.5, 0.6) is 0 Å². The van der Waals surface area contributed by atoms with E-state index in [0.29, 0.717) is 24.4 Å². The Bertz CT molecular complexity index is 142. The van der Waals surface area contributed by atoms with Gasteiger partial charge in [0.1, 0.15) is 0 Å². The molecule has 0 spiro atoms. The molecule has 4 unspecified atom stereocenters. The van der Waals surface area contributed by atoms with Gasteiger partial charge in [0.15, 0.2) is 0 Å². The number of epoxide rings is 2. The van der Waals surface area contributed by atoms with Crippen molar-refractivity contribution in [3.63, 3.8) is 0 Å². The summed E-state index contributed by atoms with van der Waals surface area (Å²) >= 11 is 0. The van der Waals surface area contributed by atoms with Gasteiger partial charge in [-0.15, -0.1) is 0 Å². The zero-order valence-corrected chi connectivity index (χ0v) is 7.95. The predicted octanol–water partition coefficient (Wildman–Crippen LogP) is 2.12. The van der Waals surface area contributed by atoms with E-state index in [2.05, 4.69) is 13.8 Å². The fraction of sp³-hybridized carbons (Fsp3) is 1.00. The molecular weight excluding hydrogens is 152 g/mol. The van der Waals surface area contributed by atoms with Crippen LogP contribution in [-0.2, 0) is 9.47 Å². The van der Waals surface area contributed by atoms with Gasteiger partial charge in [0, 0.05) is 0 Å². The minimum Gasteiger partial charge on any atom is -0.370 e. The van der Waals surface area contributed by atoms with Gasteiger partial charge in [-0.3, -0.25) is 0 Å². The molecule has 0 bridgehead atoms. The van der Waals surface area contributed by atoms with E-state index in [1.54, 1.807) is 0 Å². The van der Waals surface area contributed by atoms with Crippen molar-refractivity contribution in [3.8, 4) is 0 Å². The Kier molecular flexibility index (Phi) is 2.37. The summed E-state index contributed by atoms with van der Waals surface area (Å²) in [5.74, 6) is 0. The van der Waals surface area contributed by atoms with Crippen LogP contribution in [0.1, 0.15) is 39.5 Å². The number of rotatable bonds is 0. The zero-order chi connectivity index (χ0) is 8.55. The molecule has 3 aliphatic rings. The number of hydrogen-bond donors (Lipinski definition) is 0. The quantitative estimate of drug-likeness (QED) is 0.520. The van der Waals surface area contributed by atoms with E-state index in [0.717, 1.165) is 0 Å². The largest absolute Gasteiger partial charge is 0.370 e. The first-order valence-corrected chi connectivity index (χ1v) is 5.08. The summed E-state index contributed by atoms with van der Waals surface area (Å²) < 4.78 is 10.2. The van der Waals surface area contributed by atoms with Crippen molar-refractivity contribution in [2.24, 2.45) is 0 Å². The molecular formula is C10H18O2. The van der Waals surface area contributed by atoms with Gasteiger partial charge in [-0.1, -0.05) is 12.8 Å². The van der Waals surface area contributed by atoms with Gasteiger partial charge >= 0.3 is 0 Å². The highest BCUT2D eigenvalue weighted by Crippen LogP contribution is 2.35. The van der Waals surface area contributed by atoms with Crippen LogP contribution < -0.4 is 0 Å². The van der Waals surface area contributed by atoms with Crippen molar-refractivity contribution in [2.75, 3.05) is 0 Å². The SMILES string of the molecule is C1CCC2OC2C1.CC1OC1C. The third-order valence-electron chi connectivity index (χ3n) is 2.93. The first-order chi connectivity index (χ1) is 5.77. The van der Waals surface area contributed by atoms with Crippen LogP contribution in [0.4, 0.5) is 0 Å². The average Bonchev–Trinajstić information content (AvgIpc) is 2.92. The average molecular weight is 170 g/mol. The monoisotopic (exact) mass is 170 g/mol. The Morgan fingerprint density at radius 2 is 1.25 bits per heavy atom. The van der Waals surface area contributed by atoms with Crippen LogP contribution in [0, 0.1) is 0 Å². The topological polar surface area (TPSA) is 25.1 Å². The smallest absolute Gasteiger partial charge is 0.0841 e. The highest BCUT2D eigenvalue weighted by molar-refractivity contribution is 4.87. The molecule has 0 radical (unpaired) electrons. The number of ether oxygens (including phenoxy) is 2. The Labute approximate surface area is 74.2 Å². The predicted molar refractivity (Wildman–Crippen MR) is 47.1 cm³/mol. The lowest BCUT2D eigenvalue weighted by Gasteiger charge is -2.00. The fourth-order valence-corrected chi connectivity index (χ4v) is 1.67. The van der Waals surface area contributed by atoms with Crippen molar-refractivity contribution >= 4 is 0 Å². The van der Waals surface area contributed by atoms with Crippen molar-refractivity contribution in [1.29, 1.82) is 0 Å². The summed E-state index contributed by atoms with van der Waals surface area (Å²) in [5, 5.41) is 0. The molecule has 70 valence electrons. The lowest BCUT2D eigenvalue weighted by molar-refractivity contribution is 0.373. The standard InChI is InChI=1S/C6H10O.C4H8O/c1-2-4-6-5(3-1)7-6;1-3-4(2)5-3/h5-6H,1-4H2;3-4H,1-2H3. The maximum Gasteiger partial charge on any atom is 0.0841 e. The Hall–Kier alpha value is -0.0800. The maximum atomic E-state index is 5.28. The molecule has 12 heavy (non-hydrogen) atoms. The Balaban J connectivity index is 0.000000100. The molecule has 0 aromatic carbocycles. The van der Waals surface area contributed by atoms with Crippen molar-refractivity contribution in [3.05, 3.63) is 0 Å². The van der Waals surface area contributed by atoms with Gasteiger partial charge in [0.25, 0.3) is 0 Å². The van der Waals surface area contributed by atoms with E-state index < -0.39 is 0 Å². The second-order valence-corrected chi connectivity index (χ2v) is 4.04. The molecule has 1 saturated carbocycles. The molecule has 2 heteroatoms. The Morgan fingerprint density at radius 1 is 0.833 bits per heavy atom. The summed E-state index contributed by atoms with van der Waals surface area (Å²) in [5.41, 5.74) is 0. The van der Waals surface area contributed by atoms with E-state index in [-0.39, 0.29) is 0 Å². The van der Waals surface area contributed by atoms with Crippen LogP contribution in [-0.4, -0.2) is 24.4 Å². The van der Waals surface area contributed by atoms with Gasteiger partial charge in [0.05, 0.1) is 24.4 Å². The van der Waals surface area contributed by atoms with Crippen LogP contribution in [0.15, 0.2) is 0 Å². The van der Waals surface area contributed by atoms with Crippen LogP contribution in [0.2, 0.25) is 0 Å². The molecule has 2 nitrogen and oxygen atoms in total. The van der Waals surface area contributed by atoms with Crippen LogP contribution >= 0.6 is 0 Å². The summed E-state index contributed by atoms with van der Waals surface area (Å²) in [6, 6.07) is 0. The minimum atomic E-state index is 0.551. The molecule has 2 aliphatic heterocycles. The fourth-order valence-electron chi connectivity index (χ4n) is 1.67. The first-order valence-electron chi connectivity index (χ1n) is 5.08. The van der Waals surface area contributed by atoms with Gasteiger partial charge < -0.3 is 9.47 Å². The molecule has 3 fully saturated rings. The molecule has 0 amide bonds. The normalized spacial score (nSPS) is 48.5. The van der Waals surface area contributed by atoms with Crippen molar-refractivity contribution in [1.82, 2.24) is 0 Å². The third kappa shape index (κ3) is 2.20. The van der Waals surface area contributed by atoms with E-state index in [1.807, 2.05) is 0 Å². The van der Waals surface area contributed by atoms with Crippen LogP contribution in [0.3, 0.4) is 0 Å². The van der Waals surface area contributed by atoms with Gasteiger partial charge in [-0.25, -0.2) is 0 Å². The van der Waals surface area contributed by atoms with Crippen molar-refractivity contribution in [2.45, 2.75) is 63.9 Å². The lowest BCUT2D eigenvalue weighted by Crippen LogP contribution is -2.00. The van der Waals surface area contributed by atoms with Gasteiger partial charge in [-0.2, -0.15) is 0 Å². The van der Waals surface area contributed by atoms with E-state index in [4.69, 9.17) is 9.47 Å². The van der Waals surface area contributed by atoms with E-state index >= 15 is 0 Å². The summed E-state index contributed by atoms with van der Waals surface area (Å²) in [4.78, 5) is 0. The van der Waals surface area contributed by atoms with Crippen LogP contribution in [0.25, 0.3) is 0 Å². The molecule has 0 aromatic heterocycles. The Morgan fingerprint density at radius 3 is 1.50 bits per heavy atom. The van der Waals surface area contributed by atoms with Gasteiger partial charge in [0.2, 0.25) is 0 Å². The molecule has 0 N–H and O–H groups in total. The maximum absolute atomic E-state index is 5.28. The second kappa shape index (κ2) is 3.35.